The third-order valence-corrected chi connectivity index (χ3v) is 6.05. The number of hydrogen-bond acceptors (Lipinski definition) is 8. The molecule has 0 saturated carbocycles. The summed E-state index contributed by atoms with van der Waals surface area (Å²) in [6.45, 7) is 3.29. The van der Waals surface area contributed by atoms with Gasteiger partial charge in [-0.05, 0) is 52.0 Å². The molecule has 0 radical (unpaired) electrons. The van der Waals surface area contributed by atoms with Crippen molar-refractivity contribution in [3.8, 4) is 0 Å². The molecule has 10 N–H and O–H groups in total. The minimum atomic E-state index is -1.01. The predicted molar refractivity (Wildman–Crippen MR) is 135 cm³/mol. The van der Waals surface area contributed by atoms with Crippen molar-refractivity contribution in [1.29, 1.82) is 0 Å². The zero-order valence-corrected chi connectivity index (χ0v) is 21.8. The summed E-state index contributed by atoms with van der Waals surface area (Å²) < 4.78 is 0. The number of carbonyl (C=O) groups is 7. The van der Waals surface area contributed by atoms with Gasteiger partial charge in [-0.25, -0.2) is 0 Å². The molecule has 13 heteroatoms. The molecule has 0 spiro atoms. The Labute approximate surface area is 217 Å². The van der Waals surface area contributed by atoms with Gasteiger partial charge in [0.1, 0.15) is 0 Å². The number of carbonyl (C=O) groups excluding carboxylic acids is 7. The number of ketones is 2. The van der Waals surface area contributed by atoms with Crippen LogP contribution in [0.2, 0.25) is 0 Å². The van der Waals surface area contributed by atoms with Crippen molar-refractivity contribution in [3.05, 3.63) is 0 Å². The molecule has 13 nitrogen and oxygen atoms in total. The summed E-state index contributed by atoms with van der Waals surface area (Å²) in [6, 6.07) is -1.93. The smallest absolute Gasteiger partial charge is 0.224 e. The highest BCUT2D eigenvalue weighted by atomic mass is 16.2. The minimum Gasteiger partial charge on any atom is -0.370 e. The second kappa shape index (κ2) is 18.0. The number of hydrogen-bond donors (Lipinski definition) is 6. The first-order chi connectivity index (χ1) is 17.3. The van der Waals surface area contributed by atoms with Gasteiger partial charge in [0.05, 0.1) is 12.1 Å². The first-order valence-corrected chi connectivity index (χ1v) is 12.5. The molecule has 0 aliphatic carbocycles. The van der Waals surface area contributed by atoms with Crippen molar-refractivity contribution >= 4 is 41.1 Å². The van der Waals surface area contributed by atoms with Crippen LogP contribution in [0, 0.1) is 11.8 Å². The first-order valence-electron chi connectivity index (χ1n) is 12.5. The van der Waals surface area contributed by atoms with Crippen molar-refractivity contribution in [2.45, 2.75) is 90.1 Å². The molecular formula is C24H42N6O7. The summed E-state index contributed by atoms with van der Waals surface area (Å²) in [5, 5.41) is 5.23. The van der Waals surface area contributed by atoms with Crippen molar-refractivity contribution < 1.29 is 33.6 Å². The van der Waals surface area contributed by atoms with E-state index in [9.17, 15) is 33.6 Å². The fraction of sp³-hybridized carbons (Fsp3) is 0.708. The average Bonchev–Trinajstić information content (AvgIpc) is 2.81. The van der Waals surface area contributed by atoms with Crippen LogP contribution >= 0.6 is 0 Å². The zero-order chi connectivity index (χ0) is 28.5. The summed E-state index contributed by atoms with van der Waals surface area (Å²) in [6.07, 6.45) is 0.642. The monoisotopic (exact) mass is 526 g/mol. The number of nitrogens with two attached hydrogens (primary N) is 4. The summed E-state index contributed by atoms with van der Waals surface area (Å²) in [4.78, 5) is 84.5. The molecule has 0 heterocycles. The Morgan fingerprint density at radius 2 is 1.14 bits per heavy atom. The second-order valence-corrected chi connectivity index (χ2v) is 9.15. The summed E-state index contributed by atoms with van der Waals surface area (Å²) in [5.74, 6) is -5.31. The van der Waals surface area contributed by atoms with Crippen LogP contribution in [0.3, 0.4) is 0 Å². The van der Waals surface area contributed by atoms with Crippen LogP contribution in [-0.2, 0) is 33.6 Å². The fourth-order valence-electron chi connectivity index (χ4n) is 3.74. The Hall–Kier alpha value is -3.35. The highest BCUT2D eigenvalue weighted by molar-refractivity contribution is 5.94. The molecule has 5 amide bonds. The van der Waals surface area contributed by atoms with E-state index < -0.39 is 65.0 Å². The van der Waals surface area contributed by atoms with E-state index in [1.165, 1.54) is 6.92 Å². The molecule has 210 valence electrons. The Kier molecular flexibility index (Phi) is 16.4. The summed E-state index contributed by atoms with van der Waals surface area (Å²) in [5.41, 5.74) is 21.1. The van der Waals surface area contributed by atoms with E-state index in [2.05, 4.69) is 10.6 Å². The molecule has 0 aromatic carbocycles. The van der Waals surface area contributed by atoms with Gasteiger partial charge in [0.15, 0.2) is 11.6 Å². The van der Waals surface area contributed by atoms with Gasteiger partial charge in [0.2, 0.25) is 29.5 Å². The normalized spacial score (nSPS) is 14.0. The van der Waals surface area contributed by atoms with Crippen LogP contribution < -0.4 is 33.6 Å². The van der Waals surface area contributed by atoms with E-state index in [4.69, 9.17) is 22.9 Å². The molecule has 0 bridgehead atoms. The number of rotatable bonds is 21. The van der Waals surface area contributed by atoms with Gasteiger partial charge >= 0.3 is 0 Å². The quantitative estimate of drug-likeness (QED) is 0.104. The third-order valence-electron chi connectivity index (χ3n) is 6.05. The first kappa shape index (κ1) is 33.7. The largest absolute Gasteiger partial charge is 0.370 e. The van der Waals surface area contributed by atoms with Crippen LogP contribution in [0.25, 0.3) is 0 Å². The van der Waals surface area contributed by atoms with Crippen LogP contribution in [-0.4, -0.2) is 59.7 Å². The maximum atomic E-state index is 13.2. The van der Waals surface area contributed by atoms with Crippen LogP contribution in [0.15, 0.2) is 0 Å². The Morgan fingerprint density at radius 3 is 1.59 bits per heavy atom. The van der Waals surface area contributed by atoms with E-state index in [0.29, 0.717) is 12.8 Å². The highest BCUT2D eigenvalue weighted by Gasteiger charge is 2.30. The van der Waals surface area contributed by atoms with Crippen LogP contribution in [0.1, 0.15) is 78.1 Å². The van der Waals surface area contributed by atoms with Gasteiger partial charge in [-0.15, -0.1) is 0 Å². The molecular weight excluding hydrogens is 484 g/mol. The molecule has 0 aliphatic rings. The topological polar surface area (TPSA) is 248 Å². The van der Waals surface area contributed by atoms with Crippen LogP contribution in [0.4, 0.5) is 0 Å². The number of primary amides is 3. The van der Waals surface area contributed by atoms with E-state index >= 15 is 0 Å². The van der Waals surface area contributed by atoms with E-state index in [1.54, 1.807) is 6.92 Å². The molecule has 37 heavy (non-hydrogen) atoms. The maximum absolute atomic E-state index is 13.2. The van der Waals surface area contributed by atoms with Crippen molar-refractivity contribution in [1.82, 2.24) is 10.6 Å². The van der Waals surface area contributed by atoms with Crippen LogP contribution in [0.5, 0.6) is 0 Å². The summed E-state index contributed by atoms with van der Waals surface area (Å²) >= 11 is 0. The molecule has 0 aromatic heterocycles. The lowest BCUT2D eigenvalue weighted by atomic mass is 9.90. The van der Waals surface area contributed by atoms with Crippen molar-refractivity contribution in [2.75, 3.05) is 6.54 Å². The number of Topliss-reactive ketones (excluding diaryl/α,β-unsaturated/α-hetero) is 2. The molecule has 0 rings (SSSR count). The highest BCUT2D eigenvalue weighted by Crippen LogP contribution is 2.18. The van der Waals surface area contributed by atoms with Crippen molar-refractivity contribution in [2.24, 2.45) is 34.8 Å². The Bertz CT molecular complexity index is 832. The summed E-state index contributed by atoms with van der Waals surface area (Å²) in [7, 11) is 0. The number of nitrogens with one attached hydrogen (secondary N) is 2. The minimum absolute atomic E-state index is 0.00815. The molecule has 0 saturated heterocycles. The van der Waals surface area contributed by atoms with Gasteiger partial charge in [-0.1, -0.05) is 6.92 Å². The maximum Gasteiger partial charge on any atom is 0.224 e. The molecule has 0 unspecified atom stereocenters. The van der Waals surface area contributed by atoms with Gasteiger partial charge in [-0.2, -0.15) is 0 Å². The molecule has 4 atom stereocenters. The van der Waals surface area contributed by atoms with E-state index in [1.807, 2.05) is 0 Å². The SMILES string of the molecule is CC[C@@H](CCC(N)=O)C(=O)N[C@@H](CCCN)C(=O)C[C@@H](CCC(N)=O)C(=O)N[C@@H](CCC(N)=O)C(C)=O. The lowest BCUT2D eigenvalue weighted by Gasteiger charge is -2.24. The lowest BCUT2D eigenvalue weighted by molar-refractivity contribution is -0.134. The lowest BCUT2D eigenvalue weighted by Crippen LogP contribution is -2.47. The molecule has 0 aliphatic heterocycles. The van der Waals surface area contributed by atoms with E-state index in [-0.39, 0.29) is 57.9 Å². The van der Waals surface area contributed by atoms with Gasteiger partial charge < -0.3 is 33.6 Å². The van der Waals surface area contributed by atoms with Crippen molar-refractivity contribution in [3.63, 3.8) is 0 Å². The Balaban J connectivity index is 5.61. The zero-order valence-electron chi connectivity index (χ0n) is 21.8. The van der Waals surface area contributed by atoms with Gasteiger partial charge in [-0.3, -0.25) is 33.6 Å². The van der Waals surface area contributed by atoms with E-state index in [0.717, 1.165) is 0 Å². The average molecular weight is 527 g/mol. The predicted octanol–water partition coefficient (Wildman–Crippen LogP) is -1.32. The second-order valence-electron chi connectivity index (χ2n) is 9.15. The molecule has 0 fully saturated rings. The third kappa shape index (κ3) is 14.7. The number of amides is 5. The van der Waals surface area contributed by atoms with Gasteiger partial charge in [0.25, 0.3) is 0 Å². The standard InChI is InChI=1S/C24H42N6O7/c1-3-15(6-9-20(26)33)23(36)30-18(5-4-12-25)19(32)13-16(7-10-21(27)34)24(37)29-17(14(2)31)8-11-22(28)35/h15-18H,3-13,25H2,1-2H3,(H2,26,33)(H2,27,34)(H2,28,35)(H,29,37)(H,30,36)/t15-,16+,17-,18-/m0/s1. The fourth-order valence-corrected chi connectivity index (χ4v) is 3.74. The van der Waals surface area contributed by atoms with Gasteiger partial charge in [0, 0.05) is 37.5 Å². The Morgan fingerprint density at radius 1 is 0.676 bits per heavy atom. The molecule has 0 aromatic rings.